The molecule has 0 radical (unpaired) electrons. The first-order chi connectivity index (χ1) is 8.08. The van der Waals surface area contributed by atoms with E-state index in [2.05, 4.69) is 15.9 Å². The molecular weight excluding hydrogens is 322 g/mol. The number of hydrogen-bond acceptors (Lipinski definition) is 3. The lowest BCUT2D eigenvalue weighted by Crippen LogP contribution is -2.02. The summed E-state index contributed by atoms with van der Waals surface area (Å²) < 4.78 is 1.02. The van der Waals surface area contributed by atoms with Crippen LogP contribution in [-0.4, -0.2) is 5.11 Å². The number of aliphatic hydroxyl groups excluding tert-OH is 1. The number of nitrogen functional groups attached to an aromatic ring is 1. The monoisotopic (exact) mass is 331 g/mol. The maximum atomic E-state index is 10.1. The van der Waals surface area contributed by atoms with Crippen LogP contribution in [-0.2, 0) is 6.42 Å². The van der Waals surface area contributed by atoms with Gasteiger partial charge in [-0.1, -0.05) is 17.7 Å². The van der Waals surface area contributed by atoms with Gasteiger partial charge in [-0.2, -0.15) is 0 Å². The summed E-state index contributed by atoms with van der Waals surface area (Å²) >= 11 is 11.1. The molecule has 1 atom stereocenters. The van der Waals surface area contributed by atoms with Crippen LogP contribution in [0.2, 0.25) is 5.02 Å². The summed E-state index contributed by atoms with van der Waals surface area (Å²) in [6.07, 6.45) is -0.0694. The molecule has 0 aliphatic heterocycles. The first-order valence-corrected chi connectivity index (χ1v) is 7.08. The Hall–Kier alpha value is -0.550. The summed E-state index contributed by atoms with van der Waals surface area (Å²) in [4.78, 5) is 1.10. The third kappa shape index (κ3) is 3.01. The topological polar surface area (TPSA) is 46.2 Å². The Balaban J connectivity index is 2.20. The fourth-order valence-corrected chi connectivity index (χ4v) is 3.44. The van der Waals surface area contributed by atoms with Crippen LogP contribution < -0.4 is 5.73 Å². The molecule has 1 unspecified atom stereocenters. The van der Waals surface area contributed by atoms with Crippen LogP contribution in [0, 0.1) is 0 Å². The van der Waals surface area contributed by atoms with Gasteiger partial charge in [-0.15, -0.1) is 11.3 Å². The van der Waals surface area contributed by atoms with Crippen LogP contribution in [0.3, 0.4) is 0 Å². The van der Waals surface area contributed by atoms with Crippen LogP contribution in [0.5, 0.6) is 0 Å². The van der Waals surface area contributed by atoms with Gasteiger partial charge in [0.2, 0.25) is 0 Å². The van der Waals surface area contributed by atoms with E-state index >= 15 is 0 Å². The minimum Gasteiger partial charge on any atom is -0.399 e. The lowest BCUT2D eigenvalue weighted by Gasteiger charge is -2.12. The van der Waals surface area contributed by atoms with Crippen molar-refractivity contribution in [3.8, 4) is 0 Å². The zero-order valence-electron chi connectivity index (χ0n) is 8.86. The molecule has 0 amide bonds. The highest BCUT2D eigenvalue weighted by atomic mass is 79.9. The lowest BCUT2D eigenvalue weighted by atomic mass is 10.1. The summed E-state index contributed by atoms with van der Waals surface area (Å²) in [6, 6.07) is 7.14. The molecule has 1 aromatic carbocycles. The number of nitrogens with two attached hydrogens (primary N) is 1. The summed E-state index contributed by atoms with van der Waals surface area (Å²) in [7, 11) is 0. The molecule has 2 rings (SSSR count). The molecule has 0 saturated carbocycles. The van der Waals surface area contributed by atoms with Crippen molar-refractivity contribution in [1.29, 1.82) is 0 Å². The molecule has 0 saturated heterocycles. The Morgan fingerprint density at radius 2 is 2.18 bits per heavy atom. The number of halogens is 2. The smallest absolute Gasteiger partial charge is 0.0853 e. The Morgan fingerprint density at radius 1 is 1.41 bits per heavy atom. The van der Waals surface area contributed by atoms with Gasteiger partial charge in [0.25, 0.3) is 0 Å². The highest BCUT2D eigenvalue weighted by Crippen LogP contribution is 2.31. The van der Waals surface area contributed by atoms with E-state index in [9.17, 15) is 5.11 Å². The SMILES string of the molecule is Nc1ccc(C(O)Cc2sccc2Br)c(Cl)c1. The van der Waals surface area contributed by atoms with Gasteiger partial charge in [0.1, 0.15) is 0 Å². The second-order valence-corrected chi connectivity index (χ2v) is 5.95. The highest BCUT2D eigenvalue weighted by Gasteiger charge is 2.14. The van der Waals surface area contributed by atoms with Gasteiger partial charge in [-0.25, -0.2) is 0 Å². The zero-order valence-corrected chi connectivity index (χ0v) is 12.0. The summed E-state index contributed by atoms with van der Waals surface area (Å²) in [6.45, 7) is 0. The Labute approximate surface area is 117 Å². The van der Waals surface area contributed by atoms with E-state index < -0.39 is 6.10 Å². The van der Waals surface area contributed by atoms with Gasteiger partial charge < -0.3 is 10.8 Å². The van der Waals surface area contributed by atoms with Gasteiger partial charge in [0.05, 0.1) is 6.10 Å². The van der Waals surface area contributed by atoms with Gasteiger partial charge in [-0.05, 0) is 45.1 Å². The Morgan fingerprint density at radius 3 is 2.76 bits per heavy atom. The van der Waals surface area contributed by atoms with E-state index in [1.807, 2.05) is 11.4 Å². The van der Waals surface area contributed by atoms with Crippen molar-refractivity contribution in [2.45, 2.75) is 12.5 Å². The molecule has 1 heterocycles. The predicted molar refractivity (Wildman–Crippen MR) is 76.5 cm³/mol. The predicted octanol–water partition coefficient (Wildman–Crippen LogP) is 4.02. The average Bonchev–Trinajstić information content (AvgIpc) is 2.64. The summed E-state index contributed by atoms with van der Waals surface area (Å²) in [5.74, 6) is 0. The van der Waals surface area contributed by atoms with Gasteiger partial charge in [0, 0.05) is 26.5 Å². The standard InChI is InChI=1S/C12H11BrClNOS/c13-9-3-4-17-12(9)6-11(16)8-2-1-7(15)5-10(8)14/h1-5,11,16H,6,15H2. The molecule has 0 spiro atoms. The third-order valence-corrected chi connectivity index (χ3v) is 4.73. The zero-order chi connectivity index (χ0) is 12.4. The molecule has 3 N–H and O–H groups in total. The molecule has 5 heteroatoms. The van der Waals surface area contributed by atoms with Crippen molar-refractivity contribution in [3.05, 3.63) is 49.6 Å². The molecule has 17 heavy (non-hydrogen) atoms. The highest BCUT2D eigenvalue weighted by molar-refractivity contribution is 9.10. The van der Waals surface area contributed by atoms with Crippen LogP contribution in [0.15, 0.2) is 34.1 Å². The van der Waals surface area contributed by atoms with Gasteiger partial charge in [-0.3, -0.25) is 0 Å². The maximum Gasteiger partial charge on any atom is 0.0853 e. The fourth-order valence-electron chi connectivity index (χ4n) is 1.57. The molecule has 90 valence electrons. The molecule has 0 bridgehead atoms. The summed E-state index contributed by atoms with van der Waals surface area (Å²) in [5.41, 5.74) is 6.93. The quantitative estimate of drug-likeness (QED) is 0.834. The molecular formula is C12H11BrClNOS. The lowest BCUT2D eigenvalue weighted by molar-refractivity contribution is 0.179. The molecule has 1 aromatic heterocycles. The number of rotatable bonds is 3. The van der Waals surface area contributed by atoms with Crippen molar-refractivity contribution in [1.82, 2.24) is 0 Å². The van der Waals surface area contributed by atoms with E-state index in [0.717, 1.165) is 9.35 Å². The van der Waals surface area contributed by atoms with Crippen molar-refractivity contribution in [2.24, 2.45) is 0 Å². The van der Waals surface area contributed by atoms with Gasteiger partial charge >= 0.3 is 0 Å². The molecule has 0 aliphatic carbocycles. The number of anilines is 1. The van der Waals surface area contributed by atoms with E-state index in [1.165, 1.54) is 0 Å². The number of aliphatic hydroxyl groups is 1. The van der Waals surface area contributed by atoms with E-state index in [4.69, 9.17) is 17.3 Å². The van der Waals surface area contributed by atoms with Crippen molar-refractivity contribution >= 4 is 44.6 Å². The first kappa shape index (κ1) is 12.9. The third-order valence-electron chi connectivity index (χ3n) is 2.45. The number of benzene rings is 1. The van der Waals surface area contributed by atoms with E-state index in [-0.39, 0.29) is 0 Å². The van der Waals surface area contributed by atoms with Crippen LogP contribution in [0.1, 0.15) is 16.5 Å². The van der Waals surface area contributed by atoms with Crippen LogP contribution in [0.25, 0.3) is 0 Å². The minimum atomic E-state index is -0.613. The van der Waals surface area contributed by atoms with Crippen molar-refractivity contribution in [2.75, 3.05) is 5.73 Å². The van der Waals surface area contributed by atoms with E-state index in [0.29, 0.717) is 22.7 Å². The van der Waals surface area contributed by atoms with Crippen molar-refractivity contribution < 1.29 is 5.11 Å². The molecule has 2 aromatic rings. The van der Waals surface area contributed by atoms with E-state index in [1.54, 1.807) is 29.5 Å². The van der Waals surface area contributed by atoms with Gasteiger partial charge in [0.15, 0.2) is 0 Å². The normalized spacial score (nSPS) is 12.6. The Kier molecular flexibility index (Phi) is 4.09. The van der Waals surface area contributed by atoms with Crippen molar-refractivity contribution in [3.63, 3.8) is 0 Å². The molecule has 2 nitrogen and oxygen atoms in total. The molecule has 0 fully saturated rings. The number of thiophene rings is 1. The maximum absolute atomic E-state index is 10.1. The average molecular weight is 333 g/mol. The summed E-state index contributed by atoms with van der Waals surface area (Å²) in [5, 5.41) is 12.6. The second-order valence-electron chi connectivity index (χ2n) is 3.69. The minimum absolute atomic E-state index is 0.505. The molecule has 0 aliphatic rings. The Bertz CT molecular complexity index is 529. The second kappa shape index (κ2) is 5.40. The largest absolute Gasteiger partial charge is 0.399 e. The first-order valence-electron chi connectivity index (χ1n) is 5.03. The van der Waals surface area contributed by atoms with Crippen LogP contribution >= 0.6 is 38.9 Å². The van der Waals surface area contributed by atoms with Crippen LogP contribution in [0.4, 0.5) is 5.69 Å². The number of hydrogen-bond donors (Lipinski definition) is 2. The fraction of sp³-hybridized carbons (Fsp3) is 0.167.